The summed E-state index contributed by atoms with van der Waals surface area (Å²) in [5.74, 6) is -0.402. The van der Waals surface area contributed by atoms with Gasteiger partial charge in [0.2, 0.25) is 0 Å². The van der Waals surface area contributed by atoms with E-state index in [1.165, 1.54) is 6.42 Å². The van der Waals surface area contributed by atoms with E-state index < -0.39 is 5.82 Å². The standard InChI is InChI=1S/C15H21BrClFN2/c1-20(2)15(8-4-3-5-9-15)14(19)10-6-7-11(16)12(17)13(10)18/h6-7,14H,3-5,8-9,19H2,1-2H3. The van der Waals surface area contributed by atoms with Crippen LogP contribution in [-0.2, 0) is 0 Å². The third kappa shape index (κ3) is 2.76. The number of likely N-dealkylation sites (N-methyl/N-ethyl adjacent to an activating group) is 1. The summed E-state index contributed by atoms with van der Waals surface area (Å²) in [7, 11) is 4.06. The largest absolute Gasteiger partial charge is 0.322 e. The lowest BCUT2D eigenvalue weighted by Gasteiger charge is -2.47. The van der Waals surface area contributed by atoms with E-state index in [4.69, 9.17) is 17.3 Å². The van der Waals surface area contributed by atoms with Gasteiger partial charge in [-0.1, -0.05) is 36.9 Å². The Kier molecular flexibility index (Phi) is 5.11. The number of hydrogen-bond donors (Lipinski definition) is 1. The van der Waals surface area contributed by atoms with Gasteiger partial charge < -0.3 is 10.6 Å². The van der Waals surface area contributed by atoms with Gasteiger partial charge in [0.05, 0.1) is 11.1 Å². The molecule has 2 rings (SSSR count). The van der Waals surface area contributed by atoms with Crippen molar-refractivity contribution >= 4 is 27.5 Å². The quantitative estimate of drug-likeness (QED) is 0.801. The van der Waals surface area contributed by atoms with Crippen molar-refractivity contribution in [2.45, 2.75) is 43.7 Å². The van der Waals surface area contributed by atoms with Gasteiger partial charge in [-0.25, -0.2) is 4.39 Å². The Labute approximate surface area is 133 Å². The Hall–Kier alpha value is -0.160. The SMILES string of the molecule is CN(C)C1(C(N)c2ccc(Br)c(Cl)c2F)CCCCC1. The van der Waals surface area contributed by atoms with E-state index in [9.17, 15) is 4.39 Å². The van der Waals surface area contributed by atoms with Gasteiger partial charge in [0.15, 0.2) is 0 Å². The van der Waals surface area contributed by atoms with Gasteiger partial charge in [0.25, 0.3) is 0 Å². The Bertz CT molecular complexity index is 487. The van der Waals surface area contributed by atoms with Gasteiger partial charge in [-0.05, 0) is 48.9 Å². The average Bonchev–Trinajstić information content (AvgIpc) is 2.45. The molecule has 5 heteroatoms. The maximum absolute atomic E-state index is 14.4. The highest BCUT2D eigenvalue weighted by Gasteiger charge is 2.41. The van der Waals surface area contributed by atoms with Crippen molar-refractivity contribution in [1.82, 2.24) is 4.90 Å². The highest BCUT2D eigenvalue weighted by atomic mass is 79.9. The van der Waals surface area contributed by atoms with Crippen molar-refractivity contribution in [2.24, 2.45) is 5.73 Å². The highest BCUT2D eigenvalue weighted by Crippen LogP contribution is 2.42. The molecule has 0 amide bonds. The van der Waals surface area contributed by atoms with Crippen molar-refractivity contribution in [3.05, 3.63) is 33.0 Å². The van der Waals surface area contributed by atoms with Gasteiger partial charge in [0, 0.05) is 15.6 Å². The molecule has 2 nitrogen and oxygen atoms in total. The lowest BCUT2D eigenvalue weighted by molar-refractivity contribution is 0.0701. The number of nitrogens with zero attached hydrogens (tertiary/aromatic N) is 1. The molecule has 0 aliphatic heterocycles. The molecule has 112 valence electrons. The maximum atomic E-state index is 14.4. The fourth-order valence-corrected chi connectivity index (χ4v) is 3.75. The zero-order valence-electron chi connectivity index (χ0n) is 11.9. The average molecular weight is 364 g/mol. The van der Waals surface area contributed by atoms with Crippen LogP contribution in [0.3, 0.4) is 0 Å². The number of nitrogens with two attached hydrogens (primary N) is 1. The van der Waals surface area contributed by atoms with E-state index in [1.807, 2.05) is 14.1 Å². The molecular weight excluding hydrogens is 343 g/mol. The lowest BCUT2D eigenvalue weighted by Crippen LogP contribution is -2.53. The number of halogens is 3. The zero-order valence-corrected chi connectivity index (χ0v) is 14.3. The smallest absolute Gasteiger partial charge is 0.147 e. The van der Waals surface area contributed by atoms with Crippen LogP contribution < -0.4 is 5.73 Å². The van der Waals surface area contributed by atoms with Crippen LogP contribution in [0, 0.1) is 5.82 Å². The minimum atomic E-state index is -0.402. The van der Waals surface area contributed by atoms with Crippen LogP contribution in [0.5, 0.6) is 0 Å². The summed E-state index contributed by atoms with van der Waals surface area (Å²) in [5.41, 5.74) is 6.79. The molecule has 1 unspecified atom stereocenters. The fourth-order valence-electron chi connectivity index (χ4n) is 3.27. The van der Waals surface area contributed by atoms with Crippen LogP contribution in [0.4, 0.5) is 4.39 Å². The second kappa shape index (κ2) is 6.30. The Morgan fingerprint density at radius 3 is 2.45 bits per heavy atom. The summed E-state index contributed by atoms with van der Waals surface area (Å²) >= 11 is 9.24. The van der Waals surface area contributed by atoms with Gasteiger partial charge >= 0.3 is 0 Å². The lowest BCUT2D eigenvalue weighted by atomic mass is 9.73. The van der Waals surface area contributed by atoms with Crippen LogP contribution >= 0.6 is 27.5 Å². The minimum absolute atomic E-state index is 0.114. The minimum Gasteiger partial charge on any atom is -0.322 e. The molecule has 0 radical (unpaired) electrons. The van der Waals surface area contributed by atoms with Crippen LogP contribution in [-0.4, -0.2) is 24.5 Å². The number of benzene rings is 1. The molecule has 1 atom stereocenters. The molecular formula is C15H21BrClFN2. The van der Waals surface area contributed by atoms with Gasteiger partial charge in [-0.2, -0.15) is 0 Å². The van der Waals surface area contributed by atoms with Crippen molar-refractivity contribution in [1.29, 1.82) is 0 Å². The van der Waals surface area contributed by atoms with Crippen molar-refractivity contribution in [3.8, 4) is 0 Å². The van der Waals surface area contributed by atoms with Crippen molar-refractivity contribution in [3.63, 3.8) is 0 Å². The summed E-state index contributed by atoms with van der Waals surface area (Å²) in [6.45, 7) is 0. The summed E-state index contributed by atoms with van der Waals surface area (Å²) in [5, 5.41) is 0.114. The van der Waals surface area contributed by atoms with Crippen molar-refractivity contribution in [2.75, 3.05) is 14.1 Å². The summed E-state index contributed by atoms with van der Waals surface area (Å²) < 4.78 is 15.0. The van der Waals surface area contributed by atoms with Crippen molar-refractivity contribution < 1.29 is 4.39 Å². The molecule has 0 saturated heterocycles. The molecule has 0 aromatic heterocycles. The van der Waals surface area contributed by atoms with Crippen LogP contribution in [0.25, 0.3) is 0 Å². The summed E-state index contributed by atoms with van der Waals surface area (Å²) in [6, 6.07) is 3.14. The van der Waals surface area contributed by atoms with Crippen LogP contribution in [0.1, 0.15) is 43.7 Å². The number of hydrogen-bond acceptors (Lipinski definition) is 2. The van der Waals surface area contributed by atoms with E-state index in [0.29, 0.717) is 10.0 Å². The third-order valence-electron chi connectivity index (χ3n) is 4.59. The fraction of sp³-hybridized carbons (Fsp3) is 0.600. The normalized spacial score (nSPS) is 20.1. The maximum Gasteiger partial charge on any atom is 0.147 e. The molecule has 1 aliphatic rings. The molecule has 1 fully saturated rings. The first-order valence-corrected chi connectivity index (χ1v) is 8.13. The van der Waals surface area contributed by atoms with Crippen LogP contribution in [0.2, 0.25) is 5.02 Å². The Morgan fingerprint density at radius 1 is 1.30 bits per heavy atom. The molecule has 20 heavy (non-hydrogen) atoms. The first kappa shape index (κ1) is 16.2. The Balaban J connectivity index is 2.42. The monoisotopic (exact) mass is 362 g/mol. The topological polar surface area (TPSA) is 29.3 Å². The highest BCUT2D eigenvalue weighted by molar-refractivity contribution is 9.10. The predicted octanol–water partition coefficient (Wildman–Crippen LogP) is 4.51. The van der Waals surface area contributed by atoms with E-state index in [1.54, 1.807) is 12.1 Å². The first-order valence-electron chi connectivity index (χ1n) is 6.96. The second-order valence-electron chi connectivity index (χ2n) is 5.80. The molecule has 1 aliphatic carbocycles. The van der Waals surface area contributed by atoms with Crippen LogP contribution in [0.15, 0.2) is 16.6 Å². The summed E-state index contributed by atoms with van der Waals surface area (Å²) in [6.07, 6.45) is 5.49. The van der Waals surface area contributed by atoms with Gasteiger partial charge in [0.1, 0.15) is 5.82 Å². The van der Waals surface area contributed by atoms with E-state index in [-0.39, 0.29) is 16.6 Å². The summed E-state index contributed by atoms with van der Waals surface area (Å²) in [4.78, 5) is 2.16. The van der Waals surface area contributed by atoms with E-state index >= 15 is 0 Å². The van der Waals surface area contributed by atoms with Gasteiger partial charge in [-0.15, -0.1) is 0 Å². The Morgan fingerprint density at radius 2 is 1.90 bits per heavy atom. The molecule has 1 aromatic carbocycles. The molecule has 0 heterocycles. The third-order valence-corrected chi connectivity index (χ3v) is 5.85. The number of rotatable bonds is 3. The molecule has 0 bridgehead atoms. The van der Waals surface area contributed by atoms with E-state index in [2.05, 4.69) is 20.8 Å². The first-order chi connectivity index (χ1) is 9.40. The molecule has 1 aromatic rings. The second-order valence-corrected chi connectivity index (χ2v) is 7.03. The molecule has 1 saturated carbocycles. The van der Waals surface area contributed by atoms with Gasteiger partial charge in [-0.3, -0.25) is 0 Å². The molecule has 2 N–H and O–H groups in total. The molecule has 0 spiro atoms. The predicted molar refractivity (Wildman–Crippen MR) is 85.5 cm³/mol. The zero-order chi connectivity index (χ0) is 14.9. The van der Waals surface area contributed by atoms with E-state index in [0.717, 1.165) is 25.7 Å².